The molecule has 0 saturated heterocycles. The number of nitrogens with one attached hydrogen (secondary N) is 1. The average molecular weight is 251 g/mol. The van der Waals surface area contributed by atoms with Gasteiger partial charge in [0, 0.05) is 13.0 Å². The van der Waals surface area contributed by atoms with Crippen LogP contribution in [0.25, 0.3) is 0 Å². The van der Waals surface area contributed by atoms with Gasteiger partial charge in [0.25, 0.3) is 0 Å². The second kappa shape index (κ2) is 5.02. The molecule has 1 aromatic heterocycles. The molecule has 3 atom stereocenters. The van der Waals surface area contributed by atoms with Gasteiger partial charge in [-0.2, -0.15) is 0 Å². The lowest BCUT2D eigenvalue weighted by molar-refractivity contribution is 0.331. The maximum Gasteiger partial charge on any atom is 0.131 e. The summed E-state index contributed by atoms with van der Waals surface area (Å²) in [6.45, 7) is 4.00. The molecule has 1 heterocycles. The number of nitrogens with zero attached hydrogens (tertiary/aromatic N) is 2. The maximum atomic E-state index is 4.34. The zero-order chi connectivity index (χ0) is 11.7. The minimum Gasteiger partial charge on any atom is -0.311 e. The van der Waals surface area contributed by atoms with Crippen LogP contribution in [0.4, 0.5) is 0 Å². The quantitative estimate of drug-likeness (QED) is 0.874. The topological polar surface area (TPSA) is 37.8 Å². The molecule has 3 unspecified atom stereocenters. The van der Waals surface area contributed by atoms with Crippen molar-refractivity contribution in [1.29, 1.82) is 0 Å². The van der Waals surface area contributed by atoms with Gasteiger partial charge in [-0.25, -0.2) is 0 Å². The molecule has 3 rings (SSSR count). The highest BCUT2D eigenvalue weighted by molar-refractivity contribution is 7.11. The summed E-state index contributed by atoms with van der Waals surface area (Å²) in [5.74, 6) is 2.95. The summed E-state index contributed by atoms with van der Waals surface area (Å²) in [4.78, 5) is 0. The van der Waals surface area contributed by atoms with E-state index < -0.39 is 0 Å². The van der Waals surface area contributed by atoms with Gasteiger partial charge < -0.3 is 5.32 Å². The van der Waals surface area contributed by atoms with Crippen LogP contribution < -0.4 is 5.32 Å². The third-order valence-corrected chi connectivity index (χ3v) is 5.30. The maximum absolute atomic E-state index is 4.34. The molecule has 2 aliphatic rings. The van der Waals surface area contributed by atoms with E-state index in [-0.39, 0.29) is 0 Å². The van der Waals surface area contributed by atoms with Crippen LogP contribution in [0.2, 0.25) is 0 Å². The highest BCUT2D eigenvalue weighted by Crippen LogP contribution is 2.49. The molecule has 0 spiro atoms. The molecule has 1 N–H and O–H groups in total. The van der Waals surface area contributed by atoms with Crippen LogP contribution in [0.1, 0.15) is 42.6 Å². The highest BCUT2D eigenvalue weighted by Gasteiger charge is 2.39. The van der Waals surface area contributed by atoms with Crippen molar-refractivity contribution >= 4 is 11.3 Å². The first-order valence-corrected chi connectivity index (χ1v) is 7.68. The molecule has 2 fully saturated rings. The Hall–Kier alpha value is -0.480. The molecule has 2 aliphatic carbocycles. The third-order valence-electron chi connectivity index (χ3n) is 4.36. The molecule has 1 aromatic rings. The van der Waals surface area contributed by atoms with E-state index >= 15 is 0 Å². The highest BCUT2D eigenvalue weighted by atomic mass is 32.1. The first-order chi connectivity index (χ1) is 8.35. The lowest BCUT2D eigenvalue weighted by Gasteiger charge is -2.19. The molecule has 2 saturated carbocycles. The third kappa shape index (κ3) is 2.52. The van der Waals surface area contributed by atoms with Crippen LogP contribution in [0.3, 0.4) is 0 Å². The van der Waals surface area contributed by atoms with E-state index in [0.717, 1.165) is 35.9 Å². The zero-order valence-electron chi connectivity index (χ0n) is 10.5. The van der Waals surface area contributed by atoms with Crippen molar-refractivity contribution in [2.24, 2.45) is 17.8 Å². The summed E-state index contributed by atoms with van der Waals surface area (Å²) in [6, 6.07) is 0. The average Bonchev–Trinajstić information content (AvgIpc) is 3.02. The predicted molar refractivity (Wildman–Crippen MR) is 69.9 cm³/mol. The summed E-state index contributed by atoms with van der Waals surface area (Å²) in [6.07, 6.45) is 7.09. The fourth-order valence-corrected chi connectivity index (χ4v) is 4.43. The number of aromatic nitrogens is 2. The molecule has 2 bridgehead atoms. The van der Waals surface area contributed by atoms with Gasteiger partial charge in [-0.1, -0.05) is 13.3 Å². The van der Waals surface area contributed by atoms with Gasteiger partial charge >= 0.3 is 0 Å². The van der Waals surface area contributed by atoms with Gasteiger partial charge in [-0.15, -0.1) is 21.5 Å². The molecule has 4 heteroatoms. The van der Waals surface area contributed by atoms with Gasteiger partial charge in [-0.05, 0) is 43.6 Å². The Bertz CT molecular complexity index is 376. The Morgan fingerprint density at radius 2 is 2.12 bits per heavy atom. The van der Waals surface area contributed by atoms with Crippen molar-refractivity contribution in [2.45, 2.75) is 45.6 Å². The fraction of sp³-hybridized carbons (Fsp3) is 0.846. The summed E-state index contributed by atoms with van der Waals surface area (Å²) in [5, 5.41) is 14.3. The monoisotopic (exact) mass is 251 g/mol. The normalized spacial score (nSPS) is 31.2. The number of fused-ring (bicyclic) bond motifs is 2. The van der Waals surface area contributed by atoms with Crippen LogP contribution in [0.15, 0.2) is 0 Å². The van der Waals surface area contributed by atoms with Crippen molar-refractivity contribution in [3.8, 4) is 0 Å². The zero-order valence-corrected chi connectivity index (χ0v) is 11.3. The van der Waals surface area contributed by atoms with Crippen LogP contribution >= 0.6 is 11.3 Å². The van der Waals surface area contributed by atoms with E-state index in [2.05, 4.69) is 22.4 Å². The van der Waals surface area contributed by atoms with E-state index in [9.17, 15) is 0 Å². The molecular formula is C13H21N3S. The largest absolute Gasteiger partial charge is 0.311 e. The predicted octanol–water partition coefficient (Wildman–Crippen LogP) is 2.63. The van der Waals surface area contributed by atoms with Gasteiger partial charge in [-0.3, -0.25) is 0 Å². The van der Waals surface area contributed by atoms with Gasteiger partial charge in [0.2, 0.25) is 0 Å². The van der Waals surface area contributed by atoms with E-state index in [0.29, 0.717) is 0 Å². The molecule has 17 heavy (non-hydrogen) atoms. The lowest BCUT2D eigenvalue weighted by Crippen LogP contribution is -2.12. The van der Waals surface area contributed by atoms with E-state index in [1.54, 1.807) is 11.3 Å². The van der Waals surface area contributed by atoms with Gasteiger partial charge in [0.15, 0.2) is 0 Å². The van der Waals surface area contributed by atoms with Crippen LogP contribution in [0.5, 0.6) is 0 Å². The minimum atomic E-state index is 0.880. The van der Waals surface area contributed by atoms with Crippen LogP contribution in [0, 0.1) is 17.8 Å². The molecule has 0 radical (unpaired) electrons. The molecule has 0 aliphatic heterocycles. The van der Waals surface area contributed by atoms with Crippen LogP contribution in [-0.2, 0) is 13.0 Å². The van der Waals surface area contributed by atoms with Gasteiger partial charge in [0.05, 0.1) is 0 Å². The van der Waals surface area contributed by atoms with Crippen molar-refractivity contribution < 1.29 is 0 Å². The fourth-order valence-electron chi connectivity index (χ4n) is 3.52. The molecule has 0 aromatic carbocycles. The number of rotatable bonds is 5. The molecule has 94 valence electrons. The van der Waals surface area contributed by atoms with Gasteiger partial charge in [0.1, 0.15) is 10.0 Å². The summed E-state index contributed by atoms with van der Waals surface area (Å²) >= 11 is 1.80. The summed E-state index contributed by atoms with van der Waals surface area (Å²) in [5.41, 5.74) is 0. The van der Waals surface area contributed by atoms with Crippen molar-refractivity contribution in [3.63, 3.8) is 0 Å². The molecule has 3 nitrogen and oxygen atoms in total. The molecular weight excluding hydrogens is 230 g/mol. The minimum absolute atomic E-state index is 0.880. The number of hydrogen-bond acceptors (Lipinski definition) is 4. The van der Waals surface area contributed by atoms with Crippen molar-refractivity contribution in [2.75, 3.05) is 6.54 Å². The van der Waals surface area contributed by atoms with Crippen molar-refractivity contribution in [3.05, 3.63) is 10.0 Å². The second-order valence-corrected chi connectivity index (χ2v) is 6.66. The Morgan fingerprint density at radius 3 is 2.82 bits per heavy atom. The smallest absolute Gasteiger partial charge is 0.131 e. The summed E-state index contributed by atoms with van der Waals surface area (Å²) < 4.78 is 0. The van der Waals surface area contributed by atoms with E-state index in [1.165, 1.54) is 37.1 Å². The lowest BCUT2D eigenvalue weighted by atomic mass is 9.87. The standard InChI is InChI=1S/C13H21N3S/c1-2-14-8-13-16-15-12(17-13)7-11-6-9-3-4-10(11)5-9/h9-11,14H,2-8H2,1H3. The summed E-state index contributed by atoms with van der Waals surface area (Å²) in [7, 11) is 0. The Kier molecular flexibility index (Phi) is 3.43. The first-order valence-electron chi connectivity index (χ1n) is 6.87. The van der Waals surface area contributed by atoms with Crippen molar-refractivity contribution in [1.82, 2.24) is 15.5 Å². The number of hydrogen-bond donors (Lipinski definition) is 1. The Balaban J connectivity index is 1.56. The Morgan fingerprint density at radius 1 is 1.24 bits per heavy atom. The first kappa shape index (κ1) is 11.6. The second-order valence-electron chi connectivity index (χ2n) is 5.51. The van der Waals surface area contributed by atoms with E-state index in [4.69, 9.17) is 0 Å². The van der Waals surface area contributed by atoms with E-state index in [1.807, 2.05) is 0 Å². The Labute approximate surface area is 107 Å². The SMILES string of the molecule is CCNCc1nnc(CC2CC3CCC2C3)s1. The van der Waals surface area contributed by atoms with Crippen LogP contribution in [-0.4, -0.2) is 16.7 Å². The molecule has 0 amide bonds.